The Morgan fingerprint density at radius 3 is 2.57 bits per heavy atom. The molecule has 0 radical (unpaired) electrons. The van der Waals surface area contributed by atoms with Gasteiger partial charge in [0.25, 0.3) is 0 Å². The van der Waals surface area contributed by atoms with Gasteiger partial charge in [0.2, 0.25) is 5.91 Å². The molecule has 0 heterocycles. The number of nitrogens with two attached hydrogens (primary N) is 1. The van der Waals surface area contributed by atoms with E-state index in [9.17, 15) is 18.0 Å². The highest BCUT2D eigenvalue weighted by atomic mass is 19.4. The number of carbonyl (C=O) groups excluding carboxylic acids is 1. The van der Waals surface area contributed by atoms with Crippen LogP contribution >= 0.6 is 0 Å². The average molecular weight is 306 g/mol. The number of hydrogen-bond donors (Lipinski definition) is 2. The minimum Gasteiger partial charge on any atom is -0.352 e. The Kier molecular flexibility index (Phi) is 4.85. The molecule has 3 N–H and O–H groups in total. The number of nitrogens with one attached hydrogen (secondary N) is 1. The molecule has 0 aliphatic heterocycles. The van der Waals surface area contributed by atoms with Gasteiger partial charge in [-0.3, -0.25) is 4.79 Å². The molecule has 2 aliphatic rings. The Labute approximate surface area is 123 Å². The number of halogens is 3. The minimum absolute atomic E-state index is 0.0130. The third-order valence-corrected chi connectivity index (χ3v) is 4.96. The van der Waals surface area contributed by atoms with Gasteiger partial charge in [0.05, 0.1) is 11.5 Å². The first-order chi connectivity index (χ1) is 9.71. The first kappa shape index (κ1) is 16.6. The molecule has 2 saturated carbocycles. The van der Waals surface area contributed by atoms with Crippen LogP contribution in [0.2, 0.25) is 0 Å². The summed E-state index contributed by atoms with van der Waals surface area (Å²) in [7, 11) is 0. The van der Waals surface area contributed by atoms with E-state index >= 15 is 0 Å². The molecule has 0 aromatic heterocycles. The maximum atomic E-state index is 12.8. The molecule has 2 rings (SSSR count). The van der Waals surface area contributed by atoms with Crippen LogP contribution in [0.15, 0.2) is 0 Å². The lowest BCUT2D eigenvalue weighted by molar-refractivity contribution is -0.184. The summed E-state index contributed by atoms with van der Waals surface area (Å²) < 4.78 is 38.4. The molecule has 0 saturated heterocycles. The lowest BCUT2D eigenvalue weighted by atomic mass is 9.76. The van der Waals surface area contributed by atoms with Gasteiger partial charge in [-0.1, -0.05) is 26.2 Å². The molecule has 2 fully saturated rings. The van der Waals surface area contributed by atoms with Gasteiger partial charge >= 0.3 is 6.18 Å². The zero-order valence-corrected chi connectivity index (χ0v) is 12.5. The average Bonchev–Trinajstić information content (AvgIpc) is 2.37. The van der Waals surface area contributed by atoms with Gasteiger partial charge in [-0.2, -0.15) is 13.2 Å². The Balaban J connectivity index is 1.93. The number of alkyl halides is 3. The highest BCUT2D eigenvalue weighted by molar-refractivity contribution is 5.86. The van der Waals surface area contributed by atoms with E-state index in [4.69, 9.17) is 5.73 Å². The molecule has 6 heteroatoms. The van der Waals surface area contributed by atoms with E-state index in [1.54, 1.807) is 0 Å². The quantitative estimate of drug-likeness (QED) is 0.823. The largest absolute Gasteiger partial charge is 0.391 e. The summed E-state index contributed by atoms with van der Waals surface area (Å²) in [5.74, 6) is -1.17. The van der Waals surface area contributed by atoms with E-state index in [-0.39, 0.29) is 18.7 Å². The molecule has 1 amide bonds. The first-order valence-electron chi connectivity index (χ1n) is 7.87. The van der Waals surface area contributed by atoms with Crippen LogP contribution in [-0.2, 0) is 4.79 Å². The second kappa shape index (κ2) is 6.15. The van der Waals surface area contributed by atoms with E-state index in [0.29, 0.717) is 31.6 Å². The number of rotatable bonds is 2. The van der Waals surface area contributed by atoms with Gasteiger partial charge in [0.1, 0.15) is 0 Å². The normalized spacial score (nSPS) is 38.0. The predicted octanol–water partition coefficient (Wildman–Crippen LogP) is 3.13. The number of amides is 1. The van der Waals surface area contributed by atoms with E-state index in [1.807, 2.05) is 0 Å². The summed E-state index contributed by atoms with van der Waals surface area (Å²) in [6, 6.07) is -0.393. The lowest BCUT2D eigenvalue weighted by Crippen LogP contribution is -2.58. The molecule has 4 unspecified atom stereocenters. The molecule has 3 nitrogen and oxygen atoms in total. The fourth-order valence-corrected chi connectivity index (χ4v) is 3.75. The SMILES string of the molecule is CC1CCCC(N)(C(=O)NC2CCCC(C(F)(F)F)C2)C1. The molecule has 0 aromatic carbocycles. The summed E-state index contributed by atoms with van der Waals surface area (Å²) in [6.07, 6.45) is 0.317. The molecule has 0 bridgehead atoms. The van der Waals surface area contributed by atoms with Crippen molar-refractivity contribution in [3.05, 3.63) is 0 Å². The van der Waals surface area contributed by atoms with Crippen molar-refractivity contribution in [2.45, 2.75) is 76.0 Å². The van der Waals surface area contributed by atoms with Crippen LogP contribution in [0.5, 0.6) is 0 Å². The number of hydrogen-bond acceptors (Lipinski definition) is 2. The summed E-state index contributed by atoms with van der Waals surface area (Å²) in [5, 5.41) is 2.79. The molecule has 0 aromatic rings. The van der Waals surface area contributed by atoms with Crippen molar-refractivity contribution in [3.8, 4) is 0 Å². The second-order valence-electron chi connectivity index (χ2n) is 6.93. The summed E-state index contributed by atoms with van der Waals surface area (Å²) >= 11 is 0. The molecule has 2 aliphatic carbocycles. The van der Waals surface area contributed by atoms with Gasteiger partial charge in [-0.25, -0.2) is 0 Å². The van der Waals surface area contributed by atoms with Gasteiger partial charge in [-0.15, -0.1) is 0 Å². The third-order valence-electron chi connectivity index (χ3n) is 4.96. The molecule has 0 spiro atoms. The molecular formula is C15H25F3N2O. The zero-order chi connectivity index (χ0) is 15.7. The Hall–Kier alpha value is -0.780. The maximum absolute atomic E-state index is 12.8. The zero-order valence-electron chi connectivity index (χ0n) is 12.5. The van der Waals surface area contributed by atoms with Crippen LogP contribution in [0.4, 0.5) is 13.2 Å². The highest BCUT2D eigenvalue weighted by Crippen LogP contribution is 2.38. The fourth-order valence-electron chi connectivity index (χ4n) is 3.75. The number of carbonyl (C=O) groups is 1. The molecule has 122 valence electrons. The monoisotopic (exact) mass is 306 g/mol. The van der Waals surface area contributed by atoms with E-state index in [2.05, 4.69) is 12.2 Å². The van der Waals surface area contributed by atoms with Crippen LogP contribution in [-0.4, -0.2) is 23.7 Å². The Bertz CT molecular complexity index is 386. The second-order valence-corrected chi connectivity index (χ2v) is 6.93. The first-order valence-corrected chi connectivity index (χ1v) is 7.87. The Morgan fingerprint density at radius 2 is 1.95 bits per heavy atom. The van der Waals surface area contributed by atoms with Crippen LogP contribution in [0.25, 0.3) is 0 Å². The highest BCUT2D eigenvalue weighted by Gasteiger charge is 2.44. The molecule has 21 heavy (non-hydrogen) atoms. The summed E-state index contributed by atoms with van der Waals surface area (Å²) in [4.78, 5) is 12.4. The van der Waals surface area contributed by atoms with Gasteiger partial charge in [-0.05, 0) is 38.0 Å². The smallest absolute Gasteiger partial charge is 0.352 e. The summed E-state index contributed by atoms with van der Waals surface area (Å²) in [5.41, 5.74) is 5.30. The van der Waals surface area contributed by atoms with Crippen molar-refractivity contribution in [1.82, 2.24) is 5.32 Å². The van der Waals surface area contributed by atoms with Crippen molar-refractivity contribution in [1.29, 1.82) is 0 Å². The van der Waals surface area contributed by atoms with Crippen molar-refractivity contribution < 1.29 is 18.0 Å². The molecule has 4 atom stereocenters. The van der Waals surface area contributed by atoms with Crippen LogP contribution in [0.1, 0.15) is 58.3 Å². The summed E-state index contributed by atoms with van der Waals surface area (Å²) in [6.45, 7) is 2.06. The van der Waals surface area contributed by atoms with Crippen LogP contribution in [0.3, 0.4) is 0 Å². The van der Waals surface area contributed by atoms with Gasteiger partial charge < -0.3 is 11.1 Å². The molecular weight excluding hydrogens is 281 g/mol. The third kappa shape index (κ3) is 4.11. The van der Waals surface area contributed by atoms with Crippen molar-refractivity contribution in [2.75, 3.05) is 0 Å². The van der Waals surface area contributed by atoms with E-state index in [1.165, 1.54) is 0 Å². The Morgan fingerprint density at radius 1 is 1.24 bits per heavy atom. The lowest BCUT2D eigenvalue weighted by Gasteiger charge is -2.38. The van der Waals surface area contributed by atoms with Crippen LogP contribution < -0.4 is 11.1 Å². The van der Waals surface area contributed by atoms with Crippen LogP contribution in [0, 0.1) is 11.8 Å². The van der Waals surface area contributed by atoms with E-state index < -0.39 is 23.7 Å². The maximum Gasteiger partial charge on any atom is 0.391 e. The van der Waals surface area contributed by atoms with Crippen molar-refractivity contribution in [3.63, 3.8) is 0 Å². The standard InChI is InChI=1S/C15H25F3N2O/c1-10-4-3-7-14(19,9-10)13(21)20-12-6-2-5-11(8-12)15(16,17)18/h10-12H,2-9,19H2,1H3,(H,20,21). The predicted molar refractivity (Wildman–Crippen MR) is 74.5 cm³/mol. The van der Waals surface area contributed by atoms with Crippen molar-refractivity contribution in [2.24, 2.45) is 17.6 Å². The van der Waals surface area contributed by atoms with E-state index in [0.717, 1.165) is 12.8 Å². The van der Waals surface area contributed by atoms with Gasteiger partial charge in [0, 0.05) is 6.04 Å². The van der Waals surface area contributed by atoms with Gasteiger partial charge in [0.15, 0.2) is 0 Å². The minimum atomic E-state index is -4.16. The fraction of sp³-hybridized carbons (Fsp3) is 0.933. The topological polar surface area (TPSA) is 55.1 Å². The van der Waals surface area contributed by atoms with Crippen molar-refractivity contribution >= 4 is 5.91 Å².